The van der Waals surface area contributed by atoms with Crippen molar-refractivity contribution in [2.45, 2.75) is 77.4 Å². The number of hydrogen-bond acceptors (Lipinski definition) is 4. The Hall–Kier alpha value is -3.36. The van der Waals surface area contributed by atoms with E-state index < -0.39 is 16.1 Å². The van der Waals surface area contributed by atoms with E-state index in [1.54, 1.807) is 23.1 Å². The highest BCUT2D eigenvalue weighted by Crippen LogP contribution is 2.27. The average molecular weight is 624 g/mol. The van der Waals surface area contributed by atoms with Crippen LogP contribution in [0.1, 0.15) is 60.8 Å². The number of nitrogens with zero attached hydrogens (tertiary/aromatic N) is 2. The summed E-state index contributed by atoms with van der Waals surface area (Å²) in [5.74, 6) is -0.341. The van der Waals surface area contributed by atoms with Gasteiger partial charge in [-0.3, -0.25) is 13.9 Å². The molecule has 0 heterocycles. The second-order valence-corrected chi connectivity index (χ2v) is 13.9. The summed E-state index contributed by atoms with van der Waals surface area (Å²) < 4.78 is 26.9. The smallest absolute Gasteiger partial charge is 0.243 e. The lowest BCUT2D eigenvalue weighted by Crippen LogP contribution is -2.52. The van der Waals surface area contributed by atoms with Crippen molar-refractivity contribution in [2.24, 2.45) is 0 Å². The lowest BCUT2D eigenvalue weighted by molar-refractivity contribution is -0.141. The van der Waals surface area contributed by atoms with E-state index in [0.29, 0.717) is 17.1 Å². The molecule has 0 aromatic heterocycles. The highest BCUT2D eigenvalue weighted by molar-refractivity contribution is 7.92. The van der Waals surface area contributed by atoms with Crippen LogP contribution in [0.4, 0.5) is 5.69 Å². The maximum absolute atomic E-state index is 14.1. The molecule has 9 heteroatoms. The lowest BCUT2D eigenvalue weighted by atomic mass is 10.0. The second kappa shape index (κ2) is 14.9. The van der Waals surface area contributed by atoms with E-state index in [0.717, 1.165) is 54.2 Å². The van der Waals surface area contributed by atoms with Gasteiger partial charge in [0.2, 0.25) is 21.8 Å². The number of benzene rings is 3. The van der Waals surface area contributed by atoms with Gasteiger partial charge < -0.3 is 10.2 Å². The molecule has 2 amide bonds. The zero-order valence-corrected chi connectivity index (χ0v) is 26.8. The minimum absolute atomic E-state index is 0.0828. The van der Waals surface area contributed by atoms with Crippen molar-refractivity contribution in [3.63, 3.8) is 0 Å². The van der Waals surface area contributed by atoms with Gasteiger partial charge in [-0.1, -0.05) is 85.1 Å². The molecule has 43 heavy (non-hydrogen) atoms. The van der Waals surface area contributed by atoms with Crippen LogP contribution in [-0.2, 0) is 32.6 Å². The second-order valence-electron chi connectivity index (χ2n) is 11.5. The van der Waals surface area contributed by atoms with Crippen molar-refractivity contribution in [1.29, 1.82) is 0 Å². The third-order valence-electron chi connectivity index (χ3n) is 8.17. The van der Waals surface area contributed by atoms with Crippen LogP contribution in [0.25, 0.3) is 0 Å². The molecular formula is C34H42ClN3O4S. The predicted molar refractivity (Wildman–Crippen MR) is 174 cm³/mol. The van der Waals surface area contributed by atoms with E-state index in [-0.39, 0.29) is 43.8 Å². The lowest BCUT2D eigenvalue weighted by Gasteiger charge is -2.33. The van der Waals surface area contributed by atoms with Gasteiger partial charge in [0, 0.05) is 37.0 Å². The van der Waals surface area contributed by atoms with Crippen molar-refractivity contribution in [3.8, 4) is 0 Å². The Labute approximate surface area is 261 Å². The number of nitrogens with one attached hydrogen (secondary N) is 1. The minimum atomic E-state index is -3.63. The van der Waals surface area contributed by atoms with Crippen LogP contribution in [0.3, 0.4) is 0 Å². The number of sulfonamides is 1. The van der Waals surface area contributed by atoms with E-state index in [9.17, 15) is 18.0 Å². The van der Waals surface area contributed by atoms with Crippen LogP contribution in [-0.4, -0.2) is 50.0 Å². The summed E-state index contributed by atoms with van der Waals surface area (Å²) in [4.78, 5) is 29.7. The van der Waals surface area contributed by atoms with Crippen molar-refractivity contribution in [1.82, 2.24) is 10.2 Å². The molecule has 1 aliphatic rings. The molecule has 1 fully saturated rings. The van der Waals surface area contributed by atoms with Crippen LogP contribution in [0, 0.1) is 13.8 Å². The van der Waals surface area contributed by atoms with Gasteiger partial charge in [0.05, 0.1) is 11.9 Å². The first-order chi connectivity index (χ1) is 20.5. The van der Waals surface area contributed by atoms with Crippen LogP contribution >= 0.6 is 11.6 Å². The van der Waals surface area contributed by atoms with Gasteiger partial charge in [-0.05, 0) is 67.5 Å². The number of halogens is 1. The molecule has 230 valence electrons. The number of carbonyl (C=O) groups is 2. The molecule has 0 unspecified atom stereocenters. The van der Waals surface area contributed by atoms with E-state index in [4.69, 9.17) is 11.6 Å². The molecule has 3 aromatic rings. The molecule has 0 spiro atoms. The number of anilines is 1. The van der Waals surface area contributed by atoms with Crippen LogP contribution in [0.5, 0.6) is 0 Å². The molecule has 1 saturated carbocycles. The topological polar surface area (TPSA) is 86.8 Å². The van der Waals surface area contributed by atoms with E-state index in [2.05, 4.69) is 5.32 Å². The molecule has 1 aliphatic carbocycles. The number of hydrogen-bond donors (Lipinski definition) is 1. The Kier molecular flexibility index (Phi) is 11.3. The Bertz CT molecular complexity index is 1510. The van der Waals surface area contributed by atoms with Gasteiger partial charge in [-0.2, -0.15) is 0 Å². The van der Waals surface area contributed by atoms with E-state index in [1.807, 2.05) is 68.4 Å². The summed E-state index contributed by atoms with van der Waals surface area (Å²) in [5.41, 5.74) is 4.24. The Morgan fingerprint density at radius 3 is 2.30 bits per heavy atom. The Morgan fingerprint density at radius 1 is 0.953 bits per heavy atom. The monoisotopic (exact) mass is 623 g/mol. The number of rotatable bonds is 13. The zero-order valence-electron chi connectivity index (χ0n) is 25.3. The first-order valence-corrected chi connectivity index (χ1v) is 17.2. The average Bonchev–Trinajstić information content (AvgIpc) is 3.48. The fourth-order valence-corrected chi connectivity index (χ4v) is 6.91. The van der Waals surface area contributed by atoms with Crippen molar-refractivity contribution < 1.29 is 18.0 Å². The maximum Gasteiger partial charge on any atom is 0.243 e. The van der Waals surface area contributed by atoms with Gasteiger partial charge in [-0.15, -0.1) is 0 Å². The molecule has 7 nitrogen and oxygen atoms in total. The van der Waals surface area contributed by atoms with Gasteiger partial charge in [-0.25, -0.2) is 8.42 Å². The molecule has 0 aliphatic heterocycles. The van der Waals surface area contributed by atoms with Gasteiger partial charge >= 0.3 is 0 Å². The summed E-state index contributed by atoms with van der Waals surface area (Å²) in [5, 5.41) is 3.67. The van der Waals surface area contributed by atoms with Crippen LogP contribution in [0.15, 0.2) is 72.8 Å². The number of carbonyl (C=O) groups excluding carboxylic acids is 2. The molecule has 4 rings (SSSR count). The Balaban J connectivity index is 1.61. The van der Waals surface area contributed by atoms with Crippen molar-refractivity contribution in [2.75, 3.05) is 17.1 Å². The fourth-order valence-electron chi connectivity index (χ4n) is 5.73. The fraction of sp³-hybridized carbons (Fsp3) is 0.412. The van der Waals surface area contributed by atoms with Gasteiger partial charge in [0.1, 0.15) is 6.04 Å². The molecule has 1 N–H and O–H groups in total. The molecule has 0 bridgehead atoms. The molecular weight excluding hydrogens is 582 g/mol. The number of amides is 2. The zero-order chi connectivity index (χ0) is 31.0. The van der Waals surface area contributed by atoms with E-state index in [1.165, 1.54) is 4.31 Å². The highest BCUT2D eigenvalue weighted by atomic mass is 35.5. The van der Waals surface area contributed by atoms with Gasteiger partial charge in [0.25, 0.3) is 0 Å². The highest BCUT2D eigenvalue weighted by Gasteiger charge is 2.32. The normalized spacial score (nSPS) is 14.3. The van der Waals surface area contributed by atoms with Crippen LogP contribution in [0.2, 0.25) is 5.02 Å². The molecule has 3 aromatic carbocycles. The van der Waals surface area contributed by atoms with Crippen molar-refractivity contribution in [3.05, 3.63) is 100 Å². The third-order valence-corrected chi connectivity index (χ3v) is 9.58. The molecule has 0 saturated heterocycles. The van der Waals surface area contributed by atoms with Gasteiger partial charge in [0.15, 0.2) is 0 Å². The minimum Gasteiger partial charge on any atom is -0.352 e. The van der Waals surface area contributed by atoms with Crippen molar-refractivity contribution >= 4 is 39.1 Å². The third kappa shape index (κ3) is 9.07. The predicted octanol–water partition coefficient (Wildman–Crippen LogP) is 6.20. The largest absolute Gasteiger partial charge is 0.352 e. The molecule has 1 atom stereocenters. The number of aryl methyl sites for hydroxylation is 2. The van der Waals surface area contributed by atoms with E-state index >= 15 is 0 Å². The maximum atomic E-state index is 14.1. The standard InChI is InChI=1S/C34H42ClN3O4S/c1-25-12-7-8-15-28(25)24-37(32(22-27-13-5-4-6-14-27)34(40)36-30-16-9-10-17-30)33(39)18-11-21-38(43(3,41)42)31-23-29(35)20-19-26(31)2/h4-8,12-15,19-20,23,30,32H,9-11,16-18,21-22,24H2,1-3H3,(H,36,40)/t32-/m0/s1. The molecule has 0 radical (unpaired) electrons. The Morgan fingerprint density at radius 2 is 1.63 bits per heavy atom. The first kappa shape index (κ1) is 32.6. The summed E-state index contributed by atoms with van der Waals surface area (Å²) >= 11 is 6.20. The summed E-state index contributed by atoms with van der Waals surface area (Å²) in [7, 11) is -3.63. The SMILES string of the molecule is Cc1ccccc1CN(C(=O)CCCN(c1cc(Cl)ccc1C)S(C)(=O)=O)[C@@H](Cc1ccccc1)C(=O)NC1CCCC1. The first-order valence-electron chi connectivity index (χ1n) is 14.9. The summed E-state index contributed by atoms with van der Waals surface area (Å²) in [6.07, 6.45) is 5.97. The quantitative estimate of drug-likeness (QED) is 0.246. The summed E-state index contributed by atoms with van der Waals surface area (Å²) in [6, 6.07) is 22.2. The van der Waals surface area contributed by atoms with Crippen LogP contribution < -0.4 is 9.62 Å². The summed E-state index contributed by atoms with van der Waals surface area (Å²) in [6.45, 7) is 4.22.